The molecule has 23 heavy (non-hydrogen) atoms. The van der Waals surface area contributed by atoms with Gasteiger partial charge in [-0.2, -0.15) is 0 Å². The first-order chi connectivity index (χ1) is 11.0. The highest BCUT2D eigenvalue weighted by Gasteiger charge is 2.28. The van der Waals surface area contributed by atoms with Gasteiger partial charge in [0, 0.05) is 19.1 Å². The second-order valence-electron chi connectivity index (χ2n) is 6.12. The van der Waals surface area contributed by atoms with Gasteiger partial charge in [0.2, 0.25) is 5.91 Å². The van der Waals surface area contributed by atoms with E-state index >= 15 is 0 Å². The molecule has 0 saturated carbocycles. The Balaban J connectivity index is 1.76. The van der Waals surface area contributed by atoms with E-state index in [1.165, 1.54) is 34.1 Å². The van der Waals surface area contributed by atoms with Crippen molar-refractivity contribution in [2.24, 2.45) is 7.05 Å². The SMILES string of the molecule is CC1CCCC(C)N1C(=O)CSc1nc2sccc2c(=O)n1C. The number of hydrogen-bond donors (Lipinski definition) is 0. The average molecular weight is 351 g/mol. The van der Waals surface area contributed by atoms with Crippen LogP contribution in [0.5, 0.6) is 0 Å². The summed E-state index contributed by atoms with van der Waals surface area (Å²) in [6.07, 6.45) is 3.32. The number of nitrogens with zero attached hydrogens (tertiary/aromatic N) is 3. The summed E-state index contributed by atoms with van der Waals surface area (Å²) in [6.45, 7) is 4.23. The molecule has 1 saturated heterocycles. The molecule has 0 aromatic carbocycles. The van der Waals surface area contributed by atoms with Crippen molar-refractivity contribution in [3.05, 3.63) is 21.8 Å². The van der Waals surface area contributed by atoms with E-state index in [2.05, 4.69) is 18.8 Å². The minimum atomic E-state index is -0.0501. The van der Waals surface area contributed by atoms with Crippen LogP contribution in [0.4, 0.5) is 0 Å². The van der Waals surface area contributed by atoms with E-state index in [1.807, 2.05) is 10.3 Å². The van der Waals surface area contributed by atoms with E-state index in [0.29, 0.717) is 28.4 Å². The summed E-state index contributed by atoms with van der Waals surface area (Å²) in [4.78, 5) is 32.1. The van der Waals surface area contributed by atoms with Crippen molar-refractivity contribution in [1.29, 1.82) is 0 Å². The minimum Gasteiger partial charge on any atom is -0.337 e. The van der Waals surface area contributed by atoms with Gasteiger partial charge in [-0.1, -0.05) is 11.8 Å². The Hall–Kier alpha value is -1.34. The lowest BCUT2D eigenvalue weighted by atomic mass is 9.98. The zero-order valence-electron chi connectivity index (χ0n) is 13.6. The van der Waals surface area contributed by atoms with E-state index in [4.69, 9.17) is 0 Å². The molecular formula is C16H21N3O2S2. The van der Waals surface area contributed by atoms with Crippen molar-refractivity contribution >= 4 is 39.2 Å². The van der Waals surface area contributed by atoms with Gasteiger partial charge in [0.15, 0.2) is 5.16 Å². The van der Waals surface area contributed by atoms with Gasteiger partial charge in [0.05, 0.1) is 11.1 Å². The number of aromatic nitrogens is 2. The third kappa shape index (κ3) is 3.17. The van der Waals surface area contributed by atoms with Gasteiger partial charge < -0.3 is 4.90 Å². The normalized spacial score (nSPS) is 21.8. The molecule has 0 bridgehead atoms. The average Bonchev–Trinajstić information content (AvgIpc) is 2.98. The number of carbonyl (C=O) groups excluding carboxylic acids is 1. The minimum absolute atomic E-state index is 0.0501. The van der Waals surface area contributed by atoms with Gasteiger partial charge in [-0.3, -0.25) is 14.2 Å². The lowest BCUT2D eigenvalue weighted by molar-refractivity contribution is -0.134. The molecular weight excluding hydrogens is 330 g/mol. The number of thiophene rings is 1. The molecule has 1 aliphatic rings. The maximum Gasteiger partial charge on any atom is 0.262 e. The Morgan fingerprint density at radius 3 is 2.78 bits per heavy atom. The smallest absolute Gasteiger partial charge is 0.262 e. The van der Waals surface area contributed by atoms with Crippen molar-refractivity contribution in [2.75, 3.05) is 5.75 Å². The van der Waals surface area contributed by atoms with Crippen LogP contribution in [-0.2, 0) is 11.8 Å². The highest BCUT2D eigenvalue weighted by atomic mass is 32.2. The monoisotopic (exact) mass is 351 g/mol. The number of fused-ring (bicyclic) bond motifs is 1. The first kappa shape index (κ1) is 16.5. The van der Waals surface area contributed by atoms with Crippen LogP contribution in [0.1, 0.15) is 33.1 Å². The fourth-order valence-electron chi connectivity index (χ4n) is 3.22. The summed E-state index contributed by atoms with van der Waals surface area (Å²) in [7, 11) is 1.71. The van der Waals surface area contributed by atoms with Crippen molar-refractivity contribution in [1.82, 2.24) is 14.5 Å². The zero-order chi connectivity index (χ0) is 16.6. The molecule has 3 heterocycles. The van der Waals surface area contributed by atoms with Gasteiger partial charge >= 0.3 is 0 Å². The van der Waals surface area contributed by atoms with Crippen LogP contribution < -0.4 is 5.56 Å². The molecule has 5 nitrogen and oxygen atoms in total. The summed E-state index contributed by atoms with van der Waals surface area (Å²) >= 11 is 2.81. The summed E-state index contributed by atoms with van der Waals surface area (Å²) in [5.41, 5.74) is -0.0501. The topological polar surface area (TPSA) is 55.2 Å². The van der Waals surface area contributed by atoms with E-state index in [0.717, 1.165) is 17.7 Å². The maximum atomic E-state index is 12.6. The third-order valence-electron chi connectivity index (χ3n) is 4.47. The Bertz CT molecular complexity index is 773. The predicted molar refractivity (Wildman–Crippen MR) is 95.2 cm³/mol. The number of piperidine rings is 1. The Labute approximate surface area is 143 Å². The first-order valence-electron chi connectivity index (χ1n) is 7.87. The molecule has 1 aliphatic heterocycles. The van der Waals surface area contributed by atoms with Crippen molar-refractivity contribution in [2.45, 2.75) is 50.4 Å². The largest absolute Gasteiger partial charge is 0.337 e. The van der Waals surface area contributed by atoms with Crippen LogP contribution in [-0.4, -0.2) is 38.2 Å². The molecule has 0 radical (unpaired) electrons. The van der Waals surface area contributed by atoms with Crippen molar-refractivity contribution in [3.63, 3.8) is 0 Å². The molecule has 7 heteroatoms. The number of hydrogen-bond acceptors (Lipinski definition) is 5. The number of rotatable bonds is 3. The van der Waals surface area contributed by atoms with Gasteiger partial charge in [-0.25, -0.2) is 4.98 Å². The molecule has 0 N–H and O–H groups in total. The van der Waals surface area contributed by atoms with E-state index in [-0.39, 0.29) is 11.5 Å². The van der Waals surface area contributed by atoms with Gasteiger partial charge in [0.25, 0.3) is 5.56 Å². The fourth-order valence-corrected chi connectivity index (χ4v) is 4.87. The van der Waals surface area contributed by atoms with Crippen molar-refractivity contribution in [3.8, 4) is 0 Å². The van der Waals surface area contributed by atoms with Crippen LogP contribution in [0.15, 0.2) is 21.4 Å². The van der Waals surface area contributed by atoms with Gasteiger partial charge in [-0.15, -0.1) is 11.3 Å². The highest BCUT2D eigenvalue weighted by molar-refractivity contribution is 7.99. The number of amides is 1. The van der Waals surface area contributed by atoms with Crippen LogP contribution in [0, 0.1) is 0 Å². The molecule has 0 spiro atoms. The Morgan fingerprint density at radius 2 is 2.09 bits per heavy atom. The summed E-state index contributed by atoms with van der Waals surface area (Å²) < 4.78 is 1.54. The molecule has 2 atom stereocenters. The Kier molecular flexibility index (Phi) is 4.77. The second kappa shape index (κ2) is 6.65. The van der Waals surface area contributed by atoms with Crippen molar-refractivity contribution < 1.29 is 4.79 Å². The standard InChI is InChI=1S/C16H21N3O2S2/c1-10-5-4-6-11(2)19(10)13(20)9-23-16-17-14-12(7-8-22-14)15(21)18(16)3/h7-8,10-11H,4-6,9H2,1-3H3. The molecule has 0 aliphatic carbocycles. The first-order valence-corrected chi connectivity index (χ1v) is 9.73. The highest BCUT2D eigenvalue weighted by Crippen LogP contribution is 2.25. The lowest BCUT2D eigenvalue weighted by Gasteiger charge is -2.39. The molecule has 2 aromatic rings. The van der Waals surface area contributed by atoms with E-state index in [9.17, 15) is 9.59 Å². The number of thioether (sulfide) groups is 1. The van der Waals surface area contributed by atoms with E-state index in [1.54, 1.807) is 13.1 Å². The molecule has 124 valence electrons. The second-order valence-corrected chi connectivity index (χ2v) is 7.95. The Morgan fingerprint density at radius 1 is 1.39 bits per heavy atom. The van der Waals surface area contributed by atoms with Gasteiger partial charge in [0.1, 0.15) is 4.83 Å². The maximum absolute atomic E-state index is 12.6. The molecule has 3 rings (SSSR count). The third-order valence-corrected chi connectivity index (χ3v) is 6.29. The summed E-state index contributed by atoms with van der Waals surface area (Å²) in [5.74, 6) is 0.460. The van der Waals surface area contributed by atoms with Crippen LogP contribution in [0.3, 0.4) is 0 Å². The van der Waals surface area contributed by atoms with Crippen LogP contribution >= 0.6 is 23.1 Å². The predicted octanol–water partition coefficient (Wildman–Crippen LogP) is 2.88. The van der Waals surface area contributed by atoms with Crippen LogP contribution in [0.25, 0.3) is 10.2 Å². The molecule has 2 unspecified atom stereocenters. The molecule has 1 amide bonds. The lowest BCUT2D eigenvalue weighted by Crippen LogP contribution is -2.48. The number of carbonyl (C=O) groups is 1. The quantitative estimate of drug-likeness (QED) is 0.630. The summed E-state index contributed by atoms with van der Waals surface area (Å²) in [5, 5.41) is 3.12. The number of likely N-dealkylation sites (tertiary alicyclic amines) is 1. The van der Waals surface area contributed by atoms with Gasteiger partial charge in [-0.05, 0) is 44.6 Å². The fraction of sp³-hybridized carbons (Fsp3) is 0.562. The van der Waals surface area contributed by atoms with E-state index < -0.39 is 0 Å². The zero-order valence-corrected chi connectivity index (χ0v) is 15.2. The van der Waals surface area contributed by atoms with Crippen LogP contribution in [0.2, 0.25) is 0 Å². The molecule has 1 fully saturated rings. The summed E-state index contributed by atoms with van der Waals surface area (Å²) in [6, 6.07) is 2.39. The molecule has 2 aromatic heterocycles.